The molecular formula is C13H11BrN4O5. The minimum Gasteiger partial charge on any atom is -0.454 e. The quantitative estimate of drug-likeness (QED) is 0.641. The van der Waals surface area contributed by atoms with Crippen LogP contribution in [-0.2, 0) is 11.3 Å². The van der Waals surface area contributed by atoms with Crippen molar-refractivity contribution in [3.05, 3.63) is 38.5 Å². The molecule has 0 spiro atoms. The van der Waals surface area contributed by atoms with Crippen molar-refractivity contribution >= 4 is 33.3 Å². The molecule has 0 saturated carbocycles. The monoisotopic (exact) mass is 382 g/mol. The molecule has 0 radical (unpaired) electrons. The number of benzene rings is 1. The second-order valence-corrected chi connectivity index (χ2v) is 5.55. The molecule has 10 heteroatoms. The van der Waals surface area contributed by atoms with Crippen molar-refractivity contribution in [2.24, 2.45) is 0 Å². The third-order valence-corrected chi connectivity index (χ3v) is 4.17. The molecule has 0 aliphatic carbocycles. The lowest BCUT2D eigenvalue weighted by Gasteiger charge is -2.05. The van der Waals surface area contributed by atoms with Crippen LogP contribution in [0.1, 0.15) is 5.69 Å². The molecular weight excluding hydrogens is 372 g/mol. The van der Waals surface area contributed by atoms with Crippen molar-refractivity contribution < 1.29 is 19.2 Å². The molecule has 1 amide bonds. The maximum Gasteiger partial charge on any atom is 0.404 e. The fraction of sp³-hybridized carbons (Fsp3) is 0.231. The molecule has 2 aromatic rings. The number of nitro groups is 1. The van der Waals surface area contributed by atoms with Crippen LogP contribution in [0, 0.1) is 17.0 Å². The molecule has 0 unspecified atom stereocenters. The second-order valence-electron chi connectivity index (χ2n) is 4.75. The van der Waals surface area contributed by atoms with Gasteiger partial charge in [0.1, 0.15) is 11.0 Å². The van der Waals surface area contributed by atoms with Gasteiger partial charge in [-0.15, -0.1) is 0 Å². The zero-order chi connectivity index (χ0) is 16.6. The Kier molecular flexibility index (Phi) is 3.90. The first-order valence-electron chi connectivity index (χ1n) is 6.52. The molecule has 1 N–H and O–H groups in total. The standard InChI is InChI=1S/C13H11BrN4O5/c1-7-12(14)13(18(20)21)16-17(7)5-11(19)15-8-2-3-9-10(4-8)23-6-22-9/h2-4H,5-6H2,1H3,(H,15,19). The number of fused-ring (bicyclic) bond motifs is 1. The smallest absolute Gasteiger partial charge is 0.404 e. The Morgan fingerprint density at radius 3 is 2.91 bits per heavy atom. The van der Waals surface area contributed by atoms with E-state index in [0.29, 0.717) is 22.9 Å². The van der Waals surface area contributed by atoms with Crippen LogP contribution in [0.3, 0.4) is 0 Å². The molecule has 1 aliphatic rings. The summed E-state index contributed by atoms with van der Waals surface area (Å²) in [5.41, 5.74) is 1.04. The topological polar surface area (TPSA) is 109 Å². The molecule has 0 atom stereocenters. The molecule has 1 aromatic carbocycles. The van der Waals surface area contributed by atoms with E-state index >= 15 is 0 Å². The van der Waals surface area contributed by atoms with E-state index in [-0.39, 0.29) is 29.5 Å². The van der Waals surface area contributed by atoms with E-state index in [2.05, 4.69) is 26.3 Å². The number of nitrogens with zero attached hydrogens (tertiary/aromatic N) is 3. The highest BCUT2D eigenvalue weighted by Gasteiger charge is 2.24. The van der Waals surface area contributed by atoms with Gasteiger partial charge in [-0.1, -0.05) is 0 Å². The van der Waals surface area contributed by atoms with Crippen LogP contribution in [0.4, 0.5) is 11.5 Å². The van der Waals surface area contributed by atoms with E-state index in [0.717, 1.165) is 0 Å². The number of anilines is 1. The molecule has 3 rings (SSSR count). The van der Waals surface area contributed by atoms with Gasteiger partial charge in [-0.2, -0.15) is 4.68 Å². The molecule has 1 aromatic heterocycles. The second kappa shape index (κ2) is 5.88. The lowest BCUT2D eigenvalue weighted by molar-refractivity contribution is -0.390. The van der Waals surface area contributed by atoms with Gasteiger partial charge in [0.2, 0.25) is 12.7 Å². The molecule has 0 bridgehead atoms. The number of halogens is 1. The number of carbonyl (C=O) groups is 1. The predicted molar refractivity (Wildman–Crippen MR) is 82.5 cm³/mol. The Morgan fingerprint density at radius 2 is 2.22 bits per heavy atom. The van der Waals surface area contributed by atoms with Crippen LogP contribution in [0.15, 0.2) is 22.7 Å². The number of amides is 1. The molecule has 2 heterocycles. The highest BCUT2D eigenvalue weighted by atomic mass is 79.9. The fourth-order valence-corrected chi connectivity index (χ4v) is 2.52. The highest BCUT2D eigenvalue weighted by Crippen LogP contribution is 2.34. The fourth-order valence-electron chi connectivity index (χ4n) is 2.09. The summed E-state index contributed by atoms with van der Waals surface area (Å²) in [6.45, 7) is 1.64. The summed E-state index contributed by atoms with van der Waals surface area (Å²) in [6, 6.07) is 5.02. The van der Waals surface area contributed by atoms with E-state index in [9.17, 15) is 14.9 Å². The van der Waals surface area contributed by atoms with Crippen molar-refractivity contribution in [2.75, 3.05) is 12.1 Å². The van der Waals surface area contributed by atoms with Crippen LogP contribution >= 0.6 is 15.9 Å². The number of aromatic nitrogens is 2. The van der Waals surface area contributed by atoms with E-state index in [1.165, 1.54) is 4.68 Å². The molecule has 23 heavy (non-hydrogen) atoms. The van der Waals surface area contributed by atoms with Gasteiger partial charge in [-0.25, -0.2) is 0 Å². The van der Waals surface area contributed by atoms with E-state index < -0.39 is 4.92 Å². The summed E-state index contributed by atoms with van der Waals surface area (Å²) in [5, 5.41) is 17.3. The van der Waals surface area contributed by atoms with Crippen molar-refractivity contribution in [3.8, 4) is 11.5 Å². The van der Waals surface area contributed by atoms with E-state index in [1.54, 1.807) is 25.1 Å². The number of rotatable bonds is 4. The Bertz CT molecular complexity index is 804. The van der Waals surface area contributed by atoms with Gasteiger partial charge in [0.25, 0.3) is 0 Å². The average molecular weight is 383 g/mol. The van der Waals surface area contributed by atoms with Gasteiger partial charge in [0.05, 0.1) is 10.8 Å². The minimum absolute atomic E-state index is 0.146. The first-order valence-corrected chi connectivity index (χ1v) is 7.32. The molecule has 0 fully saturated rings. The van der Waals surface area contributed by atoms with Crippen LogP contribution < -0.4 is 14.8 Å². The van der Waals surface area contributed by atoms with Crippen LogP contribution in [-0.4, -0.2) is 27.4 Å². The van der Waals surface area contributed by atoms with Gasteiger partial charge >= 0.3 is 5.82 Å². The minimum atomic E-state index is -0.608. The molecule has 9 nitrogen and oxygen atoms in total. The molecule has 0 saturated heterocycles. The lowest BCUT2D eigenvalue weighted by Crippen LogP contribution is -2.20. The SMILES string of the molecule is Cc1c(Br)c([N+](=O)[O-])nn1CC(=O)Nc1ccc2c(c1)OCO2. The third kappa shape index (κ3) is 2.97. The largest absolute Gasteiger partial charge is 0.454 e. The number of hydrogen-bond acceptors (Lipinski definition) is 6. The maximum atomic E-state index is 12.1. The van der Waals surface area contributed by atoms with Gasteiger partial charge in [-0.05, 0) is 39.9 Å². The Morgan fingerprint density at radius 1 is 1.48 bits per heavy atom. The van der Waals surface area contributed by atoms with Gasteiger partial charge < -0.3 is 24.9 Å². The van der Waals surface area contributed by atoms with Crippen molar-refractivity contribution in [2.45, 2.75) is 13.5 Å². The third-order valence-electron chi connectivity index (χ3n) is 3.24. The Hall–Kier alpha value is -2.62. The summed E-state index contributed by atoms with van der Waals surface area (Å²) >= 11 is 3.11. The summed E-state index contributed by atoms with van der Waals surface area (Å²) in [6.07, 6.45) is 0. The van der Waals surface area contributed by atoms with Crippen molar-refractivity contribution in [1.29, 1.82) is 0 Å². The normalized spacial score (nSPS) is 12.3. The van der Waals surface area contributed by atoms with Crippen molar-refractivity contribution in [3.63, 3.8) is 0 Å². The number of carbonyl (C=O) groups excluding carboxylic acids is 1. The number of ether oxygens (including phenoxy) is 2. The zero-order valence-electron chi connectivity index (χ0n) is 11.9. The summed E-state index contributed by atoms with van der Waals surface area (Å²) in [4.78, 5) is 22.3. The van der Waals surface area contributed by atoms with E-state index in [4.69, 9.17) is 9.47 Å². The summed E-state index contributed by atoms with van der Waals surface area (Å²) in [7, 11) is 0. The van der Waals surface area contributed by atoms with Gasteiger partial charge in [-0.3, -0.25) is 4.79 Å². The molecule has 1 aliphatic heterocycles. The average Bonchev–Trinajstić information content (AvgIpc) is 3.06. The van der Waals surface area contributed by atoms with E-state index in [1.807, 2.05) is 0 Å². The van der Waals surface area contributed by atoms with Crippen LogP contribution in [0.5, 0.6) is 11.5 Å². The maximum absolute atomic E-state index is 12.1. The highest BCUT2D eigenvalue weighted by molar-refractivity contribution is 9.10. The number of nitrogens with one attached hydrogen (secondary N) is 1. The first kappa shape index (κ1) is 15.3. The van der Waals surface area contributed by atoms with Crippen LogP contribution in [0.25, 0.3) is 0 Å². The van der Waals surface area contributed by atoms with Gasteiger partial charge in [0.15, 0.2) is 11.5 Å². The molecule has 120 valence electrons. The first-order chi connectivity index (χ1) is 11.0. The Balaban J connectivity index is 1.73. The number of hydrogen-bond donors (Lipinski definition) is 1. The van der Waals surface area contributed by atoms with Gasteiger partial charge in [0, 0.05) is 11.8 Å². The van der Waals surface area contributed by atoms with Crippen LogP contribution in [0.2, 0.25) is 0 Å². The van der Waals surface area contributed by atoms with Crippen molar-refractivity contribution in [1.82, 2.24) is 9.78 Å². The zero-order valence-corrected chi connectivity index (χ0v) is 13.5. The predicted octanol–water partition coefficient (Wildman–Crippen LogP) is 2.23. The summed E-state index contributed by atoms with van der Waals surface area (Å²) in [5.74, 6) is 0.483. The lowest BCUT2D eigenvalue weighted by atomic mass is 10.3. The summed E-state index contributed by atoms with van der Waals surface area (Å²) < 4.78 is 12.0. The Labute approximate surface area is 138 Å².